The van der Waals surface area contributed by atoms with Gasteiger partial charge in [-0.25, -0.2) is 22.1 Å². The third-order valence-corrected chi connectivity index (χ3v) is 6.27. The van der Waals surface area contributed by atoms with Crippen LogP contribution in [0.2, 0.25) is 0 Å². The van der Waals surface area contributed by atoms with Crippen LogP contribution < -0.4 is 0 Å². The van der Waals surface area contributed by atoms with Gasteiger partial charge in [0.2, 0.25) is 10.0 Å². The molecule has 1 amide bonds. The number of pyridine rings is 1. The number of aliphatic hydroxyl groups is 1. The minimum absolute atomic E-state index is 0.0162. The van der Waals surface area contributed by atoms with Gasteiger partial charge < -0.3 is 10.0 Å². The van der Waals surface area contributed by atoms with Gasteiger partial charge in [0, 0.05) is 31.6 Å². The monoisotopic (exact) mass is 357 g/mol. The lowest BCUT2D eigenvalue weighted by molar-refractivity contribution is 0.0126. The normalized spacial score (nSPS) is 28.0. The quantitative estimate of drug-likeness (QED) is 0.818. The molecule has 1 aromatic heterocycles. The minimum atomic E-state index is -3.34. The Bertz CT molecular complexity index is 740. The first-order valence-corrected chi connectivity index (χ1v) is 9.57. The Labute approximate surface area is 140 Å². The highest BCUT2D eigenvalue weighted by atomic mass is 32.2. The molecule has 0 aliphatic carbocycles. The number of carbonyl (C=O) groups is 1. The van der Waals surface area contributed by atoms with Crippen LogP contribution in [0.3, 0.4) is 0 Å². The smallest absolute Gasteiger partial charge is 0.272 e. The molecule has 3 rings (SSSR count). The average molecular weight is 357 g/mol. The van der Waals surface area contributed by atoms with Crippen molar-refractivity contribution in [1.82, 2.24) is 14.2 Å². The van der Waals surface area contributed by atoms with Crippen molar-refractivity contribution < 1.29 is 22.7 Å². The molecule has 0 spiro atoms. The molecule has 0 saturated carbocycles. The van der Waals surface area contributed by atoms with E-state index in [0.29, 0.717) is 19.5 Å². The van der Waals surface area contributed by atoms with Crippen LogP contribution in [-0.4, -0.2) is 72.7 Å². The number of likely N-dealkylation sites (tertiary alicyclic amines) is 1. The van der Waals surface area contributed by atoms with Crippen molar-refractivity contribution in [2.75, 3.05) is 39.0 Å². The zero-order valence-electron chi connectivity index (χ0n) is 13.4. The van der Waals surface area contributed by atoms with Gasteiger partial charge in [-0.1, -0.05) is 0 Å². The fourth-order valence-corrected chi connectivity index (χ4v) is 4.59. The molecule has 1 aromatic rings. The van der Waals surface area contributed by atoms with Gasteiger partial charge in [-0.3, -0.25) is 4.79 Å². The van der Waals surface area contributed by atoms with Gasteiger partial charge in [0.25, 0.3) is 5.91 Å². The number of hydrogen-bond donors (Lipinski definition) is 1. The summed E-state index contributed by atoms with van der Waals surface area (Å²) in [6.45, 7) is 1.11. The molecule has 0 bridgehead atoms. The molecule has 9 heteroatoms. The van der Waals surface area contributed by atoms with E-state index in [1.165, 1.54) is 16.4 Å². The lowest BCUT2D eigenvalue weighted by Crippen LogP contribution is -2.52. The second-order valence-corrected chi connectivity index (χ2v) is 8.63. The highest BCUT2D eigenvalue weighted by Crippen LogP contribution is 2.42. The van der Waals surface area contributed by atoms with Gasteiger partial charge in [0.05, 0.1) is 19.1 Å². The van der Waals surface area contributed by atoms with E-state index in [1.807, 2.05) is 0 Å². The number of nitrogens with zero attached hydrogens (tertiary/aromatic N) is 3. The summed E-state index contributed by atoms with van der Waals surface area (Å²) in [5, 5.41) is 9.92. The van der Waals surface area contributed by atoms with Crippen LogP contribution in [0.25, 0.3) is 0 Å². The van der Waals surface area contributed by atoms with Gasteiger partial charge in [0.1, 0.15) is 11.5 Å². The van der Waals surface area contributed by atoms with Crippen molar-refractivity contribution in [2.45, 2.75) is 6.42 Å². The number of carbonyl (C=O) groups excluding carboxylic acids is 1. The van der Waals surface area contributed by atoms with Crippen LogP contribution in [-0.2, 0) is 10.0 Å². The van der Waals surface area contributed by atoms with Crippen molar-refractivity contribution >= 4 is 15.9 Å². The third-order valence-electron chi connectivity index (χ3n) is 5.05. The first-order valence-electron chi connectivity index (χ1n) is 7.72. The molecule has 2 fully saturated rings. The highest BCUT2D eigenvalue weighted by Gasteiger charge is 2.52. The molecule has 2 atom stereocenters. The molecular weight excluding hydrogens is 337 g/mol. The maximum atomic E-state index is 13.0. The van der Waals surface area contributed by atoms with Gasteiger partial charge in [0.15, 0.2) is 0 Å². The predicted octanol–water partition coefficient (Wildman–Crippen LogP) is -0.0633. The van der Waals surface area contributed by atoms with Crippen LogP contribution in [0, 0.1) is 17.2 Å². The summed E-state index contributed by atoms with van der Waals surface area (Å²) in [7, 11) is -3.34. The molecule has 2 saturated heterocycles. The second kappa shape index (κ2) is 6.05. The van der Waals surface area contributed by atoms with Crippen LogP contribution in [0.15, 0.2) is 18.3 Å². The van der Waals surface area contributed by atoms with E-state index in [1.54, 1.807) is 4.90 Å². The van der Waals surface area contributed by atoms with Crippen LogP contribution in [0.1, 0.15) is 16.9 Å². The zero-order valence-corrected chi connectivity index (χ0v) is 14.2. The molecule has 2 aliphatic rings. The molecule has 132 valence electrons. The van der Waals surface area contributed by atoms with Gasteiger partial charge in [-0.05, 0) is 24.5 Å². The summed E-state index contributed by atoms with van der Waals surface area (Å²) < 4.78 is 38.0. The Kier molecular flexibility index (Phi) is 4.35. The zero-order chi connectivity index (χ0) is 17.5. The average Bonchev–Trinajstić information content (AvgIpc) is 2.94. The fraction of sp³-hybridized carbons (Fsp3) is 0.600. The highest BCUT2D eigenvalue weighted by molar-refractivity contribution is 7.88. The number of aliphatic hydroxyl groups excluding tert-OH is 1. The minimum Gasteiger partial charge on any atom is -0.396 e. The summed E-state index contributed by atoms with van der Waals surface area (Å²) in [6, 6.07) is 2.50. The van der Waals surface area contributed by atoms with Crippen LogP contribution in [0.4, 0.5) is 4.39 Å². The summed E-state index contributed by atoms with van der Waals surface area (Å²) in [5.41, 5.74) is -0.516. The standard InChI is InChI=1S/C15H20FN3O4S/c1-24(22,23)19-7-11-4-5-18(8-15(11,9-19)10-20)14(21)13-3-2-12(16)6-17-13/h2-3,6,11,20H,4-5,7-10H2,1H3/t11-,15+/m0/s1. The van der Waals surface area contributed by atoms with E-state index in [4.69, 9.17) is 0 Å². The predicted molar refractivity (Wildman–Crippen MR) is 84.1 cm³/mol. The van der Waals surface area contributed by atoms with E-state index in [9.17, 15) is 22.7 Å². The van der Waals surface area contributed by atoms with E-state index < -0.39 is 21.3 Å². The van der Waals surface area contributed by atoms with Crippen LogP contribution in [0.5, 0.6) is 0 Å². The number of rotatable bonds is 3. The van der Waals surface area contributed by atoms with Gasteiger partial charge >= 0.3 is 0 Å². The summed E-state index contributed by atoms with van der Waals surface area (Å²) in [6.07, 6.45) is 2.75. The van der Waals surface area contributed by atoms with E-state index in [0.717, 1.165) is 12.5 Å². The number of halogens is 1. The largest absolute Gasteiger partial charge is 0.396 e. The SMILES string of the molecule is CS(=O)(=O)N1C[C@@H]2CCN(C(=O)c3ccc(F)cn3)C[C@]2(CO)C1. The van der Waals surface area contributed by atoms with E-state index >= 15 is 0 Å². The number of sulfonamides is 1. The van der Waals surface area contributed by atoms with E-state index in [2.05, 4.69) is 4.98 Å². The Morgan fingerprint density at radius 1 is 1.46 bits per heavy atom. The van der Waals surface area contributed by atoms with Gasteiger partial charge in [-0.15, -0.1) is 0 Å². The summed E-state index contributed by atoms with van der Waals surface area (Å²) in [5.74, 6) is -0.835. The van der Waals surface area contributed by atoms with Crippen molar-refractivity contribution in [3.63, 3.8) is 0 Å². The van der Waals surface area contributed by atoms with Crippen molar-refractivity contribution in [1.29, 1.82) is 0 Å². The maximum Gasteiger partial charge on any atom is 0.272 e. The van der Waals surface area contributed by atoms with Crippen molar-refractivity contribution in [2.24, 2.45) is 11.3 Å². The maximum absolute atomic E-state index is 13.0. The van der Waals surface area contributed by atoms with Crippen LogP contribution >= 0.6 is 0 Å². The number of fused-ring (bicyclic) bond motifs is 1. The van der Waals surface area contributed by atoms with Crippen molar-refractivity contribution in [3.8, 4) is 0 Å². The molecule has 0 radical (unpaired) electrons. The number of amides is 1. The Morgan fingerprint density at radius 3 is 2.79 bits per heavy atom. The first-order chi connectivity index (χ1) is 11.2. The topological polar surface area (TPSA) is 90.8 Å². The second-order valence-electron chi connectivity index (χ2n) is 6.65. The molecule has 7 nitrogen and oxygen atoms in total. The molecular formula is C15H20FN3O4S. The Hall–Kier alpha value is -1.58. The molecule has 1 N–H and O–H groups in total. The molecule has 3 heterocycles. The summed E-state index contributed by atoms with van der Waals surface area (Å²) >= 11 is 0. The Balaban J connectivity index is 1.81. The molecule has 2 aliphatic heterocycles. The fourth-order valence-electron chi connectivity index (χ4n) is 3.65. The van der Waals surface area contributed by atoms with Gasteiger partial charge in [-0.2, -0.15) is 0 Å². The molecule has 0 unspecified atom stereocenters. The molecule has 24 heavy (non-hydrogen) atoms. The first kappa shape index (κ1) is 17.2. The molecule has 0 aromatic carbocycles. The lowest BCUT2D eigenvalue weighted by atomic mass is 9.74. The number of aromatic nitrogens is 1. The summed E-state index contributed by atoms with van der Waals surface area (Å²) in [4.78, 5) is 17.9. The number of hydrogen-bond acceptors (Lipinski definition) is 5. The number of piperidine rings is 1. The van der Waals surface area contributed by atoms with E-state index in [-0.39, 0.29) is 37.2 Å². The van der Waals surface area contributed by atoms with Crippen molar-refractivity contribution in [3.05, 3.63) is 29.8 Å². The lowest BCUT2D eigenvalue weighted by Gasteiger charge is -2.43. The third kappa shape index (κ3) is 3.03. The Morgan fingerprint density at radius 2 is 2.21 bits per heavy atom.